The molecule has 2 saturated heterocycles. The lowest BCUT2D eigenvalue weighted by Crippen LogP contribution is -2.39. The van der Waals surface area contributed by atoms with Gasteiger partial charge in [0.2, 0.25) is 0 Å². The summed E-state index contributed by atoms with van der Waals surface area (Å²) >= 11 is 0. The quantitative estimate of drug-likeness (QED) is 0.373. The Morgan fingerprint density at radius 2 is 1.38 bits per heavy atom. The molecule has 0 aromatic heterocycles. The molecule has 37 heavy (non-hydrogen) atoms. The summed E-state index contributed by atoms with van der Waals surface area (Å²) in [5.74, 6) is 3.04. The molecular formula is C31H42N2O4. The number of rotatable bonds is 10. The van der Waals surface area contributed by atoms with Crippen molar-refractivity contribution >= 4 is 5.78 Å². The summed E-state index contributed by atoms with van der Waals surface area (Å²) in [7, 11) is 0. The number of ketones is 1. The molecule has 2 N–H and O–H groups in total. The van der Waals surface area contributed by atoms with Crippen LogP contribution in [-0.4, -0.2) is 50.8 Å². The fourth-order valence-corrected chi connectivity index (χ4v) is 6.37. The maximum absolute atomic E-state index is 13.9. The zero-order chi connectivity index (χ0) is 25.8. The van der Waals surface area contributed by atoms with E-state index in [1.54, 1.807) is 0 Å². The number of carbonyl (C=O) groups is 1. The van der Waals surface area contributed by atoms with Gasteiger partial charge in [0.1, 0.15) is 29.5 Å². The van der Waals surface area contributed by atoms with E-state index in [0.717, 1.165) is 75.2 Å². The van der Waals surface area contributed by atoms with Crippen molar-refractivity contribution in [3.63, 3.8) is 0 Å². The highest BCUT2D eigenvalue weighted by molar-refractivity contribution is 6.25. The molecule has 2 aromatic carbocycles. The lowest BCUT2D eigenvalue weighted by molar-refractivity contribution is 0.0992. The van der Waals surface area contributed by atoms with Gasteiger partial charge in [-0.2, -0.15) is 0 Å². The van der Waals surface area contributed by atoms with Crippen LogP contribution in [0.5, 0.6) is 17.2 Å². The maximum Gasteiger partial charge on any atom is 0.198 e. The van der Waals surface area contributed by atoms with E-state index in [-0.39, 0.29) is 18.0 Å². The van der Waals surface area contributed by atoms with E-state index in [1.165, 1.54) is 6.42 Å². The predicted molar refractivity (Wildman–Crippen MR) is 147 cm³/mol. The van der Waals surface area contributed by atoms with Crippen LogP contribution in [0.2, 0.25) is 0 Å². The third-order valence-electron chi connectivity index (χ3n) is 8.26. The van der Waals surface area contributed by atoms with E-state index in [1.807, 2.05) is 37.3 Å². The average Bonchev–Trinajstić information content (AvgIpc) is 3.26. The van der Waals surface area contributed by atoms with Crippen LogP contribution < -0.4 is 24.8 Å². The highest BCUT2D eigenvalue weighted by Gasteiger charge is 2.37. The molecule has 2 fully saturated rings. The molecule has 3 aliphatic rings. The lowest BCUT2D eigenvalue weighted by Gasteiger charge is -2.31. The van der Waals surface area contributed by atoms with Gasteiger partial charge in [0, 0.05) is 41.6 Å². The van der Waals surface area contributed by atoms with E-state index < -0.39 is 0 Å². The molecule has 0 radical (unpaired) electrons. The van der Waals surface area contributed by atoms with Crippen molar-refractivity contribution < 1.29 is 19.0 Å². The average molecular weight is 507 g/mol. The van der Waals surface area contributed by atoms with E-state index in [4.69, 9.17) is 14.2 Å². The zero-order valence-electron chi connectivity index (χ0n) is 22.6. The van der Waals surface area contributed by atoms with Crippen molar-refractivity contribution in [2.75, 3.05) is 32.8 Å². The maximum atomic E-state index is 13.9. The fraction of sp³-hybridized carbons (Fsp3) is 0.581. The Balaban J connectivity index is 1.53. The smallest absolute Gasteiger partial charge is 0.198 e. The Bertz CT molecular complexity index is 1090. The largest absolute Gasteiger partial charge is 0.493 e. The van der Waals surface area contributed by atoms with Crippen LogP contribution in [0.4, 0.5) is 0 Å². The minimum Gasteiger partial charge on any atom is -0.493 e. The summed E-state index contributed by atoms with van der Waals surface area (Å²) in [5, 5.41) is 7.03. The highest BCUT2D eigenvalue weighted by Crippen LogP contribution is 2.51. The minimum atomic E-state index is -0.00370. The standard InChI is InChI=1S/C31H42N2O4/c1-4-23(20-10-8-16-32-18-20)36-26-13-7-12-22-28(26)29-25(35-6-3)14-15-27(30(29)31(22)34)37-24(5-2)21-11-9-17-33-19-21/h7,12-15,20-21,23-24,32-33H,4-6,8-11,16-19H2,1-3H3. The Kier molecular flexibility index (Phi) is 8.36. The van der Waals surface area contributed by atoms with Crippen LogP contribution >= 0.6 is 0 Å². The van der Waals surface area contributed by atoms with Crippen LogP contribution in [0.25, 0.3) is 11.1 Å². The van der Waals surface area contributed by atoms with E-state index in [0.29, 0.717) is 41.1 Å². The Morgan fingerprint density at radius 3 is 1.92 bits per heavy atom. The first-order valence-electron chi connectivity index (χ1n) is 14.4. The van der Waals surface area contributed by atoms with Crippen LogP contribution in [0.1, 0.15) is 75.2 Å². The van der Waals surface area contributed by atoms with Gasteiger partial charge in [-0.05, 0) is 76.7 Å². The number of benzene rings is 2. The van der Waals surface area contributed by atoms with Crippen molar-refractivity contribution in [1.29, 1.82) is 0 Å². The van der Waals surface area contributed by atoms with Crippen molar-refractivity contribution in [1.82, 2.24) is 10.6 Å². The van der Waals surface area contributed by atoms with Gasteiger partial charge >= 0.3 is 0 Å². The van der Waals surface area contributed by atoms with E-state index >= 15 is 0 Å². The van der Waals surface area contributed by atoms with Gasteiger partial charge in [0.25, 0.3) is 0 Å². The lowest BCUT2D eigenvalue weighted by atomic mass is 9.92. The molecule has 5 rings (SSSR count). The van der Waals surface area contributed by atoms with Gasteiger partial charge in [0.15, 0.2) is 5.78 Å². The SMILES string of the molecule is CCOc1ccc(OC(CC)C2CCCNC2)c2c1-c1c(OC(CC)C3CCCNC3)cccc1C2=O. The number of carbonyl (C=O) groups excluding carboxylic acids is 1. The van der Waals surface area contributed by atoms with Crippen molar-refractivity contribution in [3.8, 4) is 28.4 Å². The zero-order valence-corrected chi connectivity index (χ0v) is 22.6. The molecular weight excluding hydrogens is 464 g/mol. The second kappa shape index (κ2) is 11.9. The van der Waals surface area contributed by atoms with Gasteiger partial charge in [-0.15, -0.1) is 0 Å². The number of piperidine rings is 2. The number of hydrogen-bond acceptors (Lipinski definition) is 6. The molecule has 1 aliphatic carbocycles. The minimum absolute atomic E-state index is 0.00370. The summed E-state index contributed by atoms with van der Waals surface area (Å²) in [5.41, 5.74) is 2.97. The van der Waals surface area contributed by atoms with Gasteiger partial charge in [0.05, 0.1) is 12.2 Å². The molecule has 0 saturated carbocycles. The molecule has 4 unspecified atom stereocenters. The highest BCUT2D eigenvalue weighted by atomic mass is 16.5. The molecule has 2 heterocycles. The van der Waals surface area contributed by atoms with E-state index in [9.17, 15) is 4.79 Å². The molecule has 2 aromatic rings. The molecule has 0 spiro atoms. The first kappa shape index (κ1) is 26.1. The molecule has 4 atom stereocenters. The van der Waals surface area contributed by atoms with Crippen molar-refractivity contribution in [3.05, 3.63) is 41.5 Å². The van der Waals surface area contributed by atoms with Crippen molar-refractivity contribution in [2.24, 2.45) is 11.8 Å². The number of fused-ring (bicyclic) bond motifs is 3. The van der Waals surface area contributed by atoms with E-state index in [2.05, 4.69) is 24.5 Å². The first-order valence-corrected chi connectivity index (χ1v) is 14.4. The summed E-state index contributed by atoms with van der Waals surface area (Å²) in [6.45, 7) is 10.9. The third-order valence-corrected chi connectivity index (χ3v) is 8.26. The topological polar surface area (TPSA) is 68.8 Å². The van der Waals surface area contributed by atoms with Gasteiger partial charge in [-0.25, -0.2) is 0 Å². The van der Waals surface area contributed by atoms with Crippen LogP contribution in [0.15, 0.2) is 30.3 Å². The van der Waals surface area contributed by atoms with Gasteiger partial charge in [-0.1, -0.05) is 26.0 Å². The Hall–Kier alpha value is -2.57. The van der Waals surface area contributed by atoms with Gasteiger partial charge in [-0.3, -0.25) is 4.79 Å². The molecule has 200 valence electrons. The molecule has 2 aliphatic heterocycles. The molecule has 6 nitrogen and oxygen atoms in total. The second-order valence-electron chi connectivity index (χ2n) is 10.6. The molecule has 6 heteroatoms. The summed E-state index contributed by atoms with van der Waals surface area (Å²) in [6, 6.07) is 9.75. The van der Waals surface area contributed by atoms with Crippen molar-refractivity contribution in [2.45, 2.75) is 71.5 Å². The Labute approximate surface area is 221 Å². The summed E-state index contributed by atoms with van der Waals surface area (Å²) < 4.78 is 19.5. The Morgan fingerprint density at radius 1 is 0.784 bits per heavy atom. The normalized spacial score (nSPS) is 22.6. The monoisotopic (exact) mass is 506 g/mol. The van der Waals surface area contributed by atoms with Gasteiger partial charge < -0.3 is 24.8 Å². The third kappa shape index (κ3) is 5.23. The first-order chi connectivity index (χ1) is 18.2. The second-order valence-corrected chi connectivity index (χ2v) is 10.6. The van der Waals surface area contributed by atoms with Crippen LogP contribution in [-0.2, 0) is 0 Å². The molecule has 0 bridgehead atoms. The number of hydrogen-bond donors (Lipinski definition) is 2. The number of nitrogens with one attached hydrogen (secondary N) is 2. The molecule has 0 amide bonds. The van der Waals surface area contributed by atoms with Crippen LogP contribution in [0.3, 0.4) is 0 Å². The van der Waals surface area contributed by atoms with Crippen LogP contribution in [0, 0.1) is 11.8 Å². The fourth-order valence-electron chi connectivity index (χ4n) is 6.37. The number of ether oxygens (including phenoxy) is 3. The summed E-state index contributed by atoms with van der Waals surface area (Å²) in [6.07, 6.45) is 6.61. The predicted octanol–water partition coefficient (Wildman–Crippen LogP) is 5.61. The summed E-state index contributed by atoms with van der Waals surface area (Å²) in [4.78, 5) is 13.9.